The van der Waals surface area contributed by atoms with Crippen molar-refractivity contribution < 1.29 is 8.42 Å². The number of primary sulfonamides is 1. The highest BCUT2D eigenvalue weighted by Gasteiger charge is 2.63. The lowest BCUT2D eigenvalue weighted by atomic mass is 9.72. The van der Waals surface area contributed by atoms with Crippen LogP contribution in [0.5, 0.6) is 0 Å². The average molecular weight is 217 g/mol. The molecule has 82 valence electrons. The molecule has 0 amide bonds. The lowest BCUT2D eigenvalue weighted by molar-refractivity contribution is 0.192. The van der Waals surface area contributed by atoms with Gasteiger partial charge in [-0.25, -0.2) is 13.6 Å². The molecule has 14 heavy (non-hydrogen) atoms. The van der Waals surface area contributed by atoms with E-state index in [1.807, 2.05) is 0 Å². The molecule has 0 spiro atoms. The summed E-state index contributed by atoms with van der Waals surface area (Å²) in [5, 5.41) is 5.36. The highest BCUT2D eigenvalue weighted by molar-refractivity contribution is 7.90. The molecule has 0 aromatic heterocycles. The first-order valence-corrected chi connectivity index (χ1v) is 6.98. The van der Waals surface area contributed by atoms with E-state index in [1.54, 1.807) is 0 Å². The fourth-order valence-electron chi connectivity index (χ4n) is 3.13. The summed E-state index contributed by atoms with van der Waals surface area (Å²) < 4.78 is 22.6. The summed E-state index contributed by atoms with van der Waals surface area (Å²) in [5.74, 6) is 0. The van der Waals surface area contributed by atoms with Gasteiger partial charge in [0, 0.05) is 0 Å². The molecule has 0 atom stereocenters. The summed E-state index contributed by atoms with van der Waals surface area (Å²) in [6.07, 6.45) is 7.19. The van der Waals surface area contributed by atoms with E-state index >= 15 is 0 Å². The average Bonchev–Trinajstić information content (AvgIpc) is 2.83. The van der Waals surface area contributed by atoms with Crippen molar-refractivity contribution >= 4 is 10.0 Å². The molecule has 2 aliphatic carbocycles. The third kappa shape index (κ3) is 1.31. The fourth-order valence-corrected chi connectivity index (χ4v) is 4.69. The predicted octanol–water partition coefficient (Wildman–Crippen LogP) is 1.78. The van der Waals surface area contributed by atoms with Crippen LogP contribution in [0.2, 0.25) is 0 Å². The SMILES string of the molecule is CC1(C2(S(N)(=O)=O)CC2)CCCCC1. The van der Waals surface area contributed by atoms with Crippen LogP contribution in [0.15, 0.2) is 0 Å². The second-order valence-corrected chi connectivity index (χ2v) is 7.03. The van der Waals surface area contributed by atoms with Crippen molar-refractivity contribution in [1.29, 1.82) is 0 Å². The normalized spacial score (nSPS) is 29.9. The van der Waals surface area contributed by atoms with E-state index in [4.69, 9.17) is 5.14 Å². The Balaban J connectivity index is 2.29. The molecule has 0 aromatic rings. The van der Waals surface area contributed by atoms with Gasteiger partial charge in [-0.3, -0.25) is 0 Å². The monoisotopic (exact) mass is 217 g/mol. The second-order valence-electron chi connectivity index (χ2n) is 5.16. The molecule has 2 aliphatic rings. The van der Waals surface area contributed by atoms with Gasteiger partial charge in [-0.1, -0.05) is 26.2 Å². The minimum absolute atomic E-state index is 0.0428. The van der Waals surface area contributed by atoms with E-state index in [-0.39, 0.29) is 5.41 Å². The maximum atomic E-state index is 11.6. The van der Waals surface area contributed by atoms with Crippen molar-refractivity contribution in [2.45, 2.75) is 56.6 Å². The molecule has 2 saturated carbocycles. The van der Waals surface area contributed by atoms with Crippen molar-refractivity contribution in [3.8, 4) is 0 Å². The van der Waals surface area contributed by atoms with Crippen molar-refractivity contribution in [3.63, 3.8) is 0 Å². The quantitative estimate of drug-likeness (QED) is 0.766. The standard InChI is InChI=1S/C10H19NO2S/c1-9(5-3-2-4-6-9)10(7-8-10)14(11,12)13/h2-8H2,1H3,(H2,11,12,13). The van der Waals surface area contributed by atoms with Crippen LogP contribution in [-0.4, -0.2) is 13.2 Å². The zero-order valence-electron chi connectivity index (χ0n) is 8.75. The zero-order chi connectivity index (χ0) is 10.4. The van der Waals surface area contributed by atoms with Gasteiger partial charge in [0.1, 0.15) is 0 Å². The molecular formula is C10H19NO2S. The van der Waals surface area contributed by atoms with Crippen LogP contribution in [0, 0.1) is 5.41 Å². The third-order valence-electron chi connectivity index (χ3n) is 4.31. The molecule has 0 aromatic carbocycles. The van der Waals surface area contributed by atoms with Gasteiger partial charge in [0.25, 0.3) is 0 Å². The molecule has 0 heterocycles. The Morgan fingerprint density at radius 2 is 1.50 bits per heavy atom. The first kappa shape index (κ1) is 10.4. The van der Waals surface area contributed by atoms with Crippen molar-refractivity contribution in [2.24, 2.45) is 10.6 Å². The minimum Gasteiger partial charge on any atom is -0.228 e. The number of rotatable bonds is 2. The zero-order valence-corrected chi connectivity index (χ0v) is 9.57. The number of sulfonamides is 1. The van der Waals surface area contributed by atoms with E-state index in [0.717, 1.165) is 38.5 Å². The molecule has 2 N–H and O–H groups in total. The maximum Gasteiger partial charge on any atom is 0.215 e. The largest absolute Gasteiger partial charge is 0.228 e. The van der Waals surface area contributed by atoms with Crippen LogP contribution >= 0.6 is 0 Å². The summed E-state index contributed by atoms with van der Waals surface area (Å²) in [5.41, 5.74) is -0.0428. The minimum atomic E-state index is -3.35. The highest BCUT2D eigenvalue weighted by Crippen LogP contribution is 2.60. The molecule has 0 saturated heterocycles. The Labute approximate surface area is 86.1 Å². The molecule has 2 fully saturated rings. The van der Waals surface area contributed by atoms with Gasteiger partial charge < -0.3 is 0 Å². The number of hydrogen-bond donors (Lipinski definition) is 1. The van der Waals surface area contributed by atoms with Crippen LogP contribution in [0.1, 0.15) is 51.9 Å². The van der Waals surface area contributed by atoms with Crippen LogP contribution in [0.3, 0.4) is 0 Å². The molecule has 0 aliphatic heterocycles. The Morgan fingerprint density at radius 3 is 1.86 bits per heavy atom. The van der Waals surface area contributed by atoms with E-state index < -0.39 is 14.8 Å². The lowest BCUT2D eigenvalue weighted by Gasteiger charge is -2.40. The second kappa shape index (κ2) is 2.95. The summed E-state index contributed by atoms with van der Waals surface area (Å²) in [7, 11) is -3.35. The molecule has 3 nitrogen and oxygen atoms in total. The Bertz CT molecular complexity index is 324. The molecule has 0 radical (unpaired) electrons. The Kier molecular flexibility index (Phi) is 2.20. The van der Waals surface area contributed by atoms with Gasteiger partial charge in [0.15, 0.2) is 0 Å². The van der Waals surface area contributed by atoms with E-state index in [2.05, 4.69) is 6.92 Å². The summed E-state index contributed by atoms with van der Waals surface area (Å²) in [6, 6.07) is 0. The van der Waals surface area contributed by atoms with E-state index in [0.29, 0.717) is 0 Å². The Hall–Kier alpha value is -0.0900. The van der Waals surface area contributed by atoms with Crippen molar-refractivity contribution in [2.75, 3.05) is 0 Å². The van der Waals surface area contributed by atoms with Crippen LogP contribution in [0.4, 0.5) is 0 Å². The predicted molar refractivity (Wildman–Crippen MR) is 56.3 cm³/mol. The lowest BCUT2D eigenvalue weighted by Crippen LogP contribution is -2.45. The highest BCUT2D eigenvalue weighted by atomic mass is 32.2. The van der Waals surface area contributed by atoms with Crippen LogP contribution in [-0.2, 0) is 10.0 Å². The van der Waals surface area contributed by atoms with Crippen molar-refractivity contribution in [1.82, 2.24) is 0 Å². The summed E-state index contributed by atoms with van der Waals surface area (Å²) in [6.45, 7) is 2.11. The van der Waals surface area contributed by atoms with E-state index in [9.17, 15) is 8.42 Å². The molecule has 4 heteroatoms. The van der Waals surface area contributed by atoms with Crippen LogP contribution < -0.4 is 5.14 Å². The first-order chi connectivity index (χ1) is 6.41. The topological polar surface area (TPSA) is 60.2 Å². The molecule has 2 rings (SSSR count). The number of nitrogens with two attached hydrogens (primary N) is 1. The van der Waals surface area contributed by atoms with Gasteiger partial charge >= 0.3 is 0 Å². The van der Waals surface area contributed by atoms with E-state index in [1.165, 1.54) is 6.42 Å². The van der Waals surface area contributed by atoms with Gasteiger partial charge in [-0.05, 0) is 31.1 Å². The summed E-state index contributed by atoms with van der Waals surface area (Å²) in [4.78, 5) is 0. The Morgan fingerprint density at radius 1 is 1.00 bits per heavy atom. The first-order valence-electron chi connectivity index (χ1n) is 5.44. The van der Waals surface area contributed by atoms with Gasteiger partial charge in [-0.15, -0.1) is 0 Å². The van der Waals surface area contributed by atoms with Crippen molar-refractivity contribution in [3.05, 3.63) is 0 Å². The number of hydrogen-bond acceptors (Lipinski definition) is 2. The molecule has 0 unspecified atom stereocenters. The molecule has 0 bridgehead atoms. The van der Waals surface area contributed by atoms with Gasteiger partial charge in [0.05, 0.1) is 4.75 Å². The molecular weight excluding hydrogens is 198 g/mol. The smallest absolute Gasteiger partial charge is 0.215 e. The van der Waals surface area contributed by atoms with Gasteiger partial charge in [-0.2, -0.15) is 0 Å². The summed E-state index contributed by atoms with van der Waals surface area (Å²) >= 11 is 0. The maximum absolute atomic E-state index is 11.6. The van der Waals surface area contributed by atoms with Gasteiger partial charge in [0.2, 0.25) is 10.0 Å². The third-order valence-corrected chi connectivity index (χ3v) is 6.30. The van der Waals surface area contributed by atoms with Crippen LogP contribution in [0.25, 0.3) is 0 Å². The fraction of sp³-hybridized carbons (Fsp3) is 1.00.